The Labute approximate surface area is 194 Å². The third-order valence-corrected chi connectivity index (χ3v) is 6.00. The van der Waals surface area contributed by atoms with E-state index in [0.29, 0.717) is 17.7 Å². The lowest BCUT2D eigenvalue weighted by Gasteiger charge is -2.23. The standard InChI is InChI=1S/C27H29N3O3/c1-18-14-21-9-8-19(17-28-26(31)22-6-5-7-23(16-22)29(2)3)15-25(21)30(18)27(32)20-10-12-24(33-4)13-11-20/h5-13,15-16,18H,14,17H2,1-4H3,(H,28,31). The molecule has 6 heteroatoms. The van der Waals surface area contributed by atoms with Gasteiger partial charge < -0.3 is 19.9 Å². The maximum atomic E-state index is 13.3. The summed E-state index contributed by atoms with van der Waals surface area (Å²) in [5.74, 6) is 0.555. The smallest absolute Gasteiger partial charge is 0.258 e. The lowest BCUT2D eigenvalue weighted by atomic mass is 10.1. The molecule has 1 unspecified atom stereocenters. The van der Waals surface area contributed by atoms with Crippen LogP contribution in [0.25, 0.3) is 0 Å². The number of anilines is 2. The molecule has 1 N–H and O–H groups in total. The highest BCUT2D eigenvalue weighted by Gasteiger charge is 2.31. The lowest BCUT2D eigenvalue weighted by Crippen LogP contribution is -2.35. The average molecular weight is 444 g/mol. The Hall–Kier alpha value is -3.80. The van der Waals surface area contributed by atoms with Crippen molar-refractivity contribution < 1.29 is 14.3 Å². The summed E-state index contributed by atoms with van der Waals surface area (Å²) in [6, 6.07) is 20.8. The third kappa shape index (κ3) is 4.70. The SMILES string of the molecule is COc1ccc(C(=O)N2c3cc(CNC(=O)c4cccc(N(C)C)c4)ccc3CC2C)cc1. The summed E-state index contributed by atoms with van der Waals surface area (Å²) in [5, 5.41) is 3.00. The predicted octanol–water partition coefficient (Wildman–Crippen LogP) is 4.28. The Morgan fingerprint density at radius 2 is 1.79 bits per heavy atom. The van der Waals surface area contributed by atoms with Crippen molar-refractivity contribution in [1.82, 2.24) is 5.32 Å². The summed E-state index contributed by atoms with van der Waals surface area (Å²) in [7, 11) is 5.50. The van der Waals surface area contributed by atoms with Gasteiger partial charge in [0.05, 0.1) is 7.11 Å². The number of benzene rings is 3. The van der Waals surface area contributed by atoms with Crippen LogP contribution in [0.1, 0.15) is 38.8 Å². The molecule has 170 valence electrons. The van der Waals surface area contributed by atoms with Crippen LogP contribution in [0.5, 0.6) is 5.75 Å². The minimum atomic E-state index is -0.126. The molecule has 0 saturated heterocycles. The molecule has 4 rings (SSSR count). The molecular weight excluding hydrogens is 414 g/mol. The first-order valence-electron chi connectivity index (χ1n) is 11.0. The third-order valence-electron chi connectivity index (χ3n) is 6.00. The number of hydrogen-bond donors (Lipinski definition) is 1. The fraction of sp³-hybridized carbons (Fsp3) is 0.259. The van der Waals surface area contributed by atoms with Crippen molar-refractivity contribution in [2.45, 2.75) is 25.9 Å². The Kier molecular flexibility index (Phi) is 6.36. The lowest BCUT2D eigenvalue weighted by molar-refractivity contribution is 0.0948. The van der Waals surface area contributed by atoms with Gasteiger partial charge in [-0.1, -0.05) is 18.2 Å². The van der Waals surface area contributed by atoms with Crippen LogP contribution in [-0.4, -0.2) is 39.1 Å². The molecule has 0 fully saturated rings. The number of carbonyl (C=O) groups is 2. The van der Waals surface area contributed by atoms with E-state index in [2.05, 4.69) is 18.3 Å². The molecule has 1 heterocycles. The van der Waals surface area contributed by atoms with Crippen LogP contribution in [0, 0.1) is 0 Å². The minimum absolute atomic E-state index is 0.0365. The molecule has 3 aromatic carbocycles. The van der Waals surface area contributed by atoms with Gasteiger partial charge in [-0.25, -0.2) is 0 Å². The highest BCUT2D eigenvalue weighted by atomic mass is 16.5. The predicted molar refractivity (Wildman–Crippen MR) is 131 cm³/mol. The number of rotatable bonds is 6. The number of carbonyl (C=O) groups excluding carboxylic acids is 2. The number of amides is 2. The number of hydrogen-bond acceptors (Lipinski definition) is 4. The first kappa shape index (κ1) is 22.4. The number of methoxy groups -OCH3 is 1. The first-order chi connectivity index (χ1) is 15.9. The van der Waals surface area contributed by atoms with E-state index in [1.807, 2.05) is 60.3 Å². The van der Waals surface area contributed by atoms with E-state index in [-0.39, 0.29) is 17.9 Å². The van der Waals surface area contributed by atoms with Crippen molar-refractivity contribution in [3.8, 4) is 5.75 Å². The van der Waals surface area contributed by atoms with Crippen LogP contribution >= 0.6 is 0 Å². The van der Waals surface area contributed by atoms with E-state index < -0.39 is 0 Å². The van der Waals surface area contributed by atoms with Crippen LogP contribution < -0.4 is 19.9 Å². The van der Waals surface area contributed by atoms with E-state index in [9.17, 15) is 9.59 Å². The fourth-order valence-corrected chi connectivity index (χ4v) is 4.16. The van der Waals surface area contributed by atoms with Crippen LogP contribution in [0.15, 0.2) is 66.7 Å². The summed E-state index contributed by atoms with van der Waals surface area (Å²) in [6.45, 7) is 2.44. The summed E-state index contributed by atoms with van der Waals surface area (Å²) in [5.41, 5.74) is 5.21. The van der Waals surface area contributed by atoms with E-state index in [4.69, 9.17) is 4.74 Å². The molecule has 6 nitrogen and oxygen atoms in total. The molecule has 0 aliphatic carbocycles. The van der Waals surface area contributed by atoms with E-state index in [1.54, 1.807) is 31.4 Å². The van der Waals surface area contributed by atoms with Gasteiger partial charge in [-0.15, -0.1) is 0 Å². The van der Waals surface area contributed by atoms with Gasteiger partial charge in [0.1, 0.15) is 5.75 Å². The Morgan fingerprint density at radius 3 is 2.48 bits per heavy atom. The van der Waals surface area contributed by atoms with Gasteiger partial charge in [0.25, 0.3) is 11.8 Å². The molecule has 33 heavy (non-hydrogen) atoms. The summed E-state index contributed by atoms with van der Waals surface area (Å²) in [4.78, 5) is 29.8. The monoisotopic (exact) mass is 443 g/mol. The van der Waals surface area contributed by atoms with Crippen molar-refractivity contribution in [1.29, 1.82) is 0 Å². The summed E-state index contributed by atoms with van der Waals surface area (Å²) >= 11 is 0. The highest BCUT2D eigenvalue weighted by molar-refractivity contribution is 6.08. The van der Waals surface area contributed by atoms with Crippen LogP contribution in [0.2, 0.25) is 0 Å². The molecule has 1 aliphatic heterocycles. The van der Waals surface area contributed by atoms with Gasteiger partial charge in [0.2, 0.25) is 0 Å². The molecule has 0 saturated carbocycles. The molecule has 0 spiro atoms. The second-order valence-electron chi connectivity index (χ2n) is 8.55. The van der Waals surface area contributed by atoms with Crippen molar-refractivity contribution in [3.63, 3.8) is 0 Å². The summed E-state index contributed by atoms with van der Waals surface area (Å²) in [6.07, 6.45) is 0.807. The Bertz CT molecular complexity index is 1170. The zero-order valence-electron chi connectivity index (χ0n) is 19.5. The second kappa shape index (κ2) is 9.36. The van der Waals surface area contributed by atoms with Gasteiger partial charge in [0.15, 0.2) is 0 Å². The number of ether oxygens (including phenoxy) is 1. The normalized spacial score (nSPS) is 14.5. The Morgan fingerprint density at radius 1 is 1.03 bits per heavy atom. The fourth-order valence-electron chi connectivity index (χ4n) is 4.16. The van der Waals surface area contributed by atoms with E-state index in [1.165, 1.54) is 0 Å². The first-order valence-corrected chi connectivity index (χ1v) is 11.0. The molecule has 0 aromatic heterocycles. The largest absolute Gasteiger partial charge is 0.497 e. The van der Waals surface area contributed by atoms with Crippen LogP contribution in [-0.2, 0) is 13.0 Å². The number of nitrogens with zero attached hydrogens (tertiary/aromatic N) is 2. The zero-order chi connectivity index (χ0) is 23.5. The van der Waals surface area contributed by atoms with Crippen molar-refractivity contribution in [2.24, 2.45) is 0 Å². The number of fused-ring (bicyclic) bond motifs is 1. The molecule has 2 amide bonds. The van der Waals surface area contributed by atoms with E-state index >= 15 is 0 Å². The van der Waals surface area contributed by atoms with Gasteiger partial charge in [0, 0.05) is 49.2 Å². The van der Waals surface area contributed by atoms with E-state index in [0.717, 1.165) is 34.7 Å². The molecule has 1 atom stereocenters. The quantitative estimate of drug-likeness (QED) is 0.618. The van der Waals surface area contributed by atoms with Gasteiger partial charge in [-0.2, -0.15) is 0 Å². The van der Waals surface area contributed by atoms with Gasteiger partial charge >= 0.3 is 0 Å². The molecule has 0 radical (unpaired) electrons. The number of nitrogens with one attached hydrogen (secondary N) is 1. The summed E-state index contributed by atoms with van der Waals surface area (Å²) < 4.78 is 5.20. The molecule has 0 bridgehead atoms. The maximum absolute atomic E-state index is 13.3. The maximum Gasteiger partial charge on any atom is 0.258 e. The van der Waals surface area contributed by atoms with Crippen LogP contribution in [0.4, 0.5) is 11.4 Å². The van der Waals surface area contributed by atoms with Gasteiger partial charge in [-0.3, -0.25) is 9.59 Å². The van der Waals surface area contributed by atoms with Gasteiger partial charge in [-0.05, 0) is 73.0 Å². The second-order valence-corrected chi connectivity index (χ2v) is 8.55. The Balaban J connectivity index is 1.50. The molecule has 3 aromatic rings. The van der Waals surface area contributed by atoms with Crippen molar-refractivity contribution >= 4 is 23.2 Å². The highest BCUT2D eigenvalue weighted by Crippen LogP contribution is 2.34. The average Bonchev–Trinajstić information content (AvgIpc) is 3.17. The van der Waals surface area contributed by atoms with Crippen LogP contribution in [0.3, 0.4) is 0 Å². The molecular formula is C27H29N3O3. The zero-order valence-corrected chi connectivity index (χ0v) is 19.5. The minimum Gasteiger partial charge on any atom is -0.497 e. The van der Waals surface area contributed by atoms with Crippen molar-refractivity contribution in [2.75, 3.05) is 31.0 Å². The molecule has 1 aliphatic rings. The van der Waals surface area contributed by atoms with Crippen molar-refractivity contribution in [3.05, 3.63) is 89.0 Å². The topological polar surface area (TPSA) is 61.9 Å².